The lowest BCUT2D eigenvalue weighted by Gasteiger charge is -2.26. The van der Waals surface area contributed by atoms with Gasteiger partial charge in [0, 0.05) is 12.1 Å². The van der Waals surface area contributed by atoms with Crippen LogP contribution in [0.15, 0.2) is 24.3 Å². The van der Waals surface area contributed by atoms with Crippen molar-refractivity contribution in [3.05, 3.63) is 35.4 Å². The Kier molecular flexibility index (Phi) is 5.87. The second-order valence-corrected chi connectivity index (χ2v) is 5.91. The van der Waals surface area contributed by atoms with Crippen LogP contribution in [0.25, 0.3) is 0 Å². The largest absolute Gasteiger partial charge is 0.314 e. The van der Waals surface area contributed by atoms with E-state index < -0.39 is 0 Å². The lowest BCUT2D eigenvalue weighted by molar-refractivity contribution is 0.346. The van der Waals surface area contributed by atoms with Gasteiger partial charge in [0.1, 0.15) is 0 Å². The van der Waals surface area contributed by atoms with Crippen molar-refractivity contribution < 1.29 is 0 Å². The molecule has 2 nitrogen and oxygen atoms in total. The summed E-state index contributed by atoms with van der Waals surface area (Å²) >= 11 is 0. The molecule has 19 heavy (non-hydrogen) atoms. The summed E-state index contributed by atoms with van der Waals surface area (Å²) in [6.07, 6.45) is 6.49. The van der Waals surface area contributed by atoms with Crippen LogP contribution in [-0.2, 0) is 6.42 Å². The van der Waals surface area contributed by atoms with Crippen LogP contribution in [0.4, 0.5) is 0 Å². The molecule has 2 unspecified atom stereocenters. The molecule has 1 aliphatic heterocycles. The third-order valence-electron chi connectivity index (χ3n) is 4.20. The smallest absolute Gasteiger partial charge is 0.00817 e. The highest BCUT2D eigenvalue weighted by Crippen LogP contribution is 2.12. The number of piperidine rings is 1. The van der Waals surface area contributed by atoms with Crippen LogP contribution in [0.5, 0.6) is 0 Å². The number of benzene rings is 1. The quantitative estimate of drug-likeness (QED) is 0.821. The fourth-order valence-corrected chi connectivity index (χ4v) is 2.98. The minimum Gasteiger partial charge on any atom is -0.314 e. The molecule has 2 heteroatoms. The van der Waals surface area contributed by atoms with Gasteiger partial charge < -0.3 is 10.6 Å². The average Bonchev–Trinajstić information content (AvgIpc) is 2.42. The second-order valence-electron chi connectivity index (χ2n) is 5.91. The summed E-state index contributed by atoms with van der Waals surface area (Å²) in [4.78, 5) is 0. The fourth-order valence-electron chi connectivity index (χ4n) is 2.98. The number of rotatable bonds is 6. The van der Waals surface area contributed by atoms with Gasteiger partial charge in [-0.25, -0.2) is 0 Å². The highest BCUT2D eigenvalue weighted by Gasteiger charge is 2.15. The Bertz CT molecular complexity index is 369. The van der Waals surface area contributed by atoms with Gasteiger partial charge in [-0.2, -0.15) is 0 Å². The molecule has 2 N–H and O–H groups in total. The zero-order valence-electron chi connectivity index (χ0n) is 12.4. The maximum Gasteiger partial charge on any atom is 0.00817 e. The van der Waals surface area contributed by atoms with Gasteiger partial charge in [-0.05, 0) is 63.7 Å². The van der Waals surface area contributed by atoms with E-state index in [9.17, 15) is 0 Å². The molecule has 0 spiro atoms. The van der Waals surface area contributed by atoms with E-state index >= 15 is 0 Å². The van der Waals surface area contributed by atoms with E-state index in [-0.39, 0.29) is 0 Å². The number of hydrogen-bond acceptors (Lipinski definition) is 2. The van der Waals surface area contributed by atoms with Gasteiger partial charge >= 0.3 is 0 Å². The molecule has 0 radical (unpaired) electrons. The minimum absolute atomic E-state index is 0.611. The molecular weight excluding hydrogens is 232 g/mol. The van der Waals surface area contributed by atoms with Crippen molar-refractivity contribution in [3.8, 4) is 0 Å². The van der Waals surface area contributed by atoms with Gasteiger partial charge in [0.25, 0.3) is 0 Å². The van der Waals surface area contributed by atoms with E-state index in [0.29, 0.717) is 6.04 Å². The third-order valence-corrected chi connectivity index (χ3v) is 4.20. The van der Waals surface area contributed by atoms with Crippen molar-refractivity contribution in [3.63, 3.8) is 0 Å². The molecule has 106 valence electrons. The van der Waals surface area contributed by atoms with Crippen molar-refractivity contribution in [2.24, 2.45) is 0 Å². The summed E-state index contributed by atoms with van der Waals surface area (Å²) in [6, 6.07) is 10.0. The molecule has 1 aromatic rings. The first kappa shape index (κ1) is 14.5. The first-order chi connectivity index (χ1) is 9.25. The van der Waals surface area contributed by atoms with E-state index in [2.05, 4.69) is 48.7 Å². The molecule has 0 amide bonds. The Morgan fingerprint density at radius 3 is 2.89 bits per heavy atom. The van der Waals surface area contributed by atoms with E-state index in [1.165, 1.54) is 43.4 Å². The highest BCUT2D eigenvalue weighted by molar-refractivity contribution is 5.25. The van der Waals surface area contributed by atoms with Crippen LogP contribution in [-0.4, -0.2) is 25.2 Å². The van der Waals surface area contributed by atoms with E-state index in [4.69, 9.17) is 0 Å². The number of hydrogen-bond donors (Lipinski definition) is 2. The molecule has 1 heterocycles. The SMILES string of the molecule is Cc1ccccc1CCNC(C)CC1CCCCN1. The second kappa shape index (κ2) is 7.66. The van der Waals surface area contributed by atoms with Crippen LogP contribution in [0, 0.1) is 6.92 Å². The third kappa shape index (κ3) is 4.96. The van der Waals surface area contributed by atoms with Gasteiger partial charge in [0.2, 0.25) is 0 Å². The van der Waals surface area contributed by atoms with Gasteiger partial charge in [0.15, 0.2) is 0 Å². The van der Waals surface area contributed by atoms with E-state index in [0.717, 1.165) is 19.0 Å². The summed E-state index contributed by atoms with van der Waals surface area (Å²) in [5, 5.41) is 7.29. The Balaban J connectivity index is 1.66. The van der Waals surface area contributed by atoms with Crippen LogP contribution in [0.3, 0.4) is 0 Å². The lowest BCUT2D eigenvalue weighted by atomic mass is 9.98. The van der Waals surface area contributed by atoms with Crippen LogP contribution in [0.1, 0.15) is 43.7 Å². The highest BCUT2D eigenvalue weighted by atomic mass is 15.0. The van der Waals surface area contributed by atoms with Crippen LogP contribution in [0.2, 0.25) is 0 Å². The van der Waals surface area contributed by atoms with Gasteiger partial charge in [0.05, 0.1) is 0 Å². The van der Waals surface area contributed by atoms with Crippen molar-refractivity contribution in [1.82, 2.24) is 10.6 Å². The standard InChI is InChI=1S/C17H28N2/c1-14-7-3-4-8-16(14)10-12-18-15(2)13-17-9-5-6-11-19-17/h3-4,7-8,15,17-19H,5-6,9-13H2,1-2H3. The first-order valence-corrected chi connectivity index (χ1v) is 7.77. The number of nitrogens with one attached hydrogen (secondary N) is 2. The van der Waals surface area contributed by atoms with E-state index in [1.54, 1.807) is 0 Å². The van der Waals surface area contributed by atoms with Crippen molar-refractivity contribution in [2.75, 3.05) is 13.1 Å². The maximum atomic E-state index is 3.67. The molecule has 0 aliphatic carbocycles. The monoisotopic (exact) mass is 260 g/mol. The normalized spacial score (nSPS) is 21.3. The number of aryl methyl sites for hydroxylation is 1. The predicted octanol–water partition coefficient (Wildman–Crippen LogP) is 3.05. The average molecular weight is 260 g/mol. The predicted molar refractivity (Wildman–Crippen MR) is 82.6 cm³/mol. The summed E-state index contributed by atoms with van der Waals surface area (Å²) in [6.45, 7) is 6.80. The molecule has 0 saturated carbocycles. The van der Waals surface area contributed by atoms with Gasteiger partial charge in [-0.15, -0.1) is 0 Å². The van der Waals surface area contributed by atoms with Crippen LogP contribution >= 0.6 is 0 Å². The molecule has 0 aromatic heterocycles. The summed E-state index contributed by atoms with van der Waals surface area (Å²) in [5.41, 5.74) is 2.88. The topological polar surface area (TPSA) is 24.1 Å². The first-order valence-electron chi connectivity index (χ1n) is 7.77. The Morgan fingerprint density at radius 1 is 1.32 bits per heavy atom. The zero-order chi connectivity index (χ0) is 13.5. The molecule has 0 bridgehead atoms. The van der Waals surface area contributed by atoms with Gasteiger partial charge in [-0.1, -0.05) is 30.7 Å². The molecule has 1 aliphatic rings. The molecule has 1 fully saturated rings. The van der Waals surface area contributed by atoms with Crippen LogP contribution < -0.4 is 10.6 Å². The molecule has 2 rings (SSSR count). The summed E-state index contributed by atoms with van der Waals surface area (Å²) in [7, 11) is 0. The van der Waals surface area contributed by atoms with E-state index in [1.807, 2.05) is 0 Å². The zero-order valence-corrected chi connectivity index (χ0v) is 12.4. The Labute approximate surface area is 118 Å². The summed E-state index contributed by atoms with van der Waals surface area (Å²) < 4.78 is 0. The van der Waals surface area contributed by atoms with Gasteiger partial charge in [-0.3, -0.25) is 0 Å². The molecule has 1 saturated heterocycles. The summed E-state index contributed by atoms with van der Waals surface area (Å²) in [5.74, 6) is 0. The van der Waals surface area contributed by atoms with Crippen molar-refractivity contribution >= 4 is 0 Å². The Hall–Kier alpha value is -0.860. The van der Waals surface area contributed by atoms with Crippen molar-refractivity contribution in [2.45, 2.75) is 58.0 Å². The molecule has 1 aromatic carbocycles. The molecule has 2 atom stereocenters. The minimum atomic E-state index is 0.611. The maximum absolute atomic E-state index is 3.67. The molecular formula is C17H28N2. The van der Waals surface area contributed by atoms with Crippen molar-refractivity contribution in [1.29, 1.82) is 0 Å². The lowest BCUT2D eigenvalue weighted by Crippen LogP contribution is -2.40. The Morgan fingerprint density at radius 2 is 2.16 bits per heavy atom. The fraction of sp³-hybridized carbons (Fsp3) is 0.647.